The molecule has 3 aliphatic rings. The highest BCUT2D eigenvalue weighted by Gasteiger charge is 2.52. The molecule has 3 fully saturated rings. The summed E-state index contributed by atoms with van der Waals surface area (Å²) in [6, 6.07) is 6.66. The predicted octanol–water partition coefficient (Wildman–Crippen LogP) is 2.76. The Bertz CT molecular complexity index is 937. The lowest BCUT2D eigenvalue weighted by Crippen LogP contribution is -2.45. The average molecular weight is 470 g/mol. The van der Waals surface area contributed by atoms with Gasteiger partial charge in [-0.3, -0.25) is 19.3 Å². The zero-order chi connectivity index (χ0) is 24.1. The second-order valence-corrected chi connectivity index (χ2v) is 9.57. The number of nitrogens with zero attached hydrogens (tertiary/aromatic N) is 2. The fourth-order valence-electron chi connectivity index (χ4n) is 5.22. The van der Waals surface area contributed by atoms with E-state index in [1.807, 2.05) is 31.2 Å². The van der Waals surface area contributed by atoms with Crippen molar-refractivity contribution in [3.8, 4) is 0 Å². The predicted molar refractivity (Wildman–Crippen MR) is 129 cm³/mol. The zero-order valence-electron chi connectivity index (χ0n) is 19.9. The Hall–Kier alpha value is -3.10. The summed E-state index contributed by atoms with van der Waals surface area (Å²) in [6.07, 6.45) is 6.66. The van der Waals surface area contributed by atoms with Crippen LogP contribution in [-0.2, 0) is 14.4 Å². The smallest absolute Gasteiger partial charge is 0.325 e. The molecule has 184 valence electrons. The van der Waals surface area contributed by atoms with Crippen molar-refractivity contribution >= 4 is 35.1 Å². The van der Waals surface area contributed by atoms with Gasteiger partial charge >= 0.3 is 6.03 Å². The molecule has 1 aliphatic carbocycles. The van der Waals surface area contributed by atoms with Gasteiger partial charge in [0.2, 0.25) is 11.8 Å². The van der Waals surface area contributed by atoms with Gasteiger partial charge in [-0.1, -0.05) is 32.3 Å². The Balaban J connectivity index is 1.31. The molecule has 34 heavy (non-hydrogen) atoms. The molecule has 3 N–H and O–H groups in total. The molecular weight excluding hydrogens is 434 g/mol. The van der Waals surface area contributed by atoms with Gasteiger partial charge in [-0.2, -0.15) is 0 Å². The number of nitrogens with one attached hydrogen (secondary N) is 3. The van der Waals surface area contributed by atoms with Crippen LogP contribution in [0, 0.1) is 0 Å². The average Bonchev–Trinajstić information content (AvgIpc) is 3.56. The Kier molecular flexibility index (Phi) is 7.38. The van der Waals surface area contributed by atoms with Crippen LogP contribution in [0.3, 0.4) is 0 Å². The standard InChI is InChI=1S/C25H35N5O4/c1-2-8-20(22(32)26-18-9-7-10-19(17-18)29-14-5-6-15-29)27-21(31)11-16-30-23(33)25(28-24(30)34)12-3-4-13-25/h7,9-10,17,20H,2-6,8,11-16H2,1H3,(H,26,32)(H,27,31)(H,28,34). The van der Waals surface area contributed by atoms with Crippen LogP contribution in [0.4, 0.5) is 16.2 Å². The molecule has 1 spiro atoms. The SMILES string of the molecule is CCCC(NC(=O)CCN1C(=O)NC2(CCCC2)C1=O)C(=O)Nc1cccc(N2CCCC2)c1. The third-order valence-electron chi connectivity index (χ3n) is 7.08. The molecule has 1 unspecified atom stereocenters. The normalized spacial score (nSPS) is 20.0. The molecule has 2 heterocycles. The number of rotatable bonds is 9. The molecule has 5 amide bonds. The van der Waals surface area contributed by atoms with Crippen molar-refractivity contribution in [1.29, 1.82) is 0 Å². The fraction of sp³-hybridized carbons (Fsp3) is 0.600. The minimum absolute atomic E-state index is 0.0105. The summed E-state index contributed by atoms with van der Waals surface area (Å²) in [5.41, 5.74) is 1.01. The van der Waals surface area contributed by atoms with E-state index in [9.17, 15) is 19.2 Å². The van der Waals surface area contributed by atoms with E-state index in [2.05, 4.69) is 20.9 Å². The van der Waals surface area contributed by atoms with Gasteiger partial charge < -0.3 is 20.9 Å². The van der Waals surface area contributed by atoms with Crippen LogP contribution in [0.5, 0.6) is 0 Å². The number of urea groups is 1. The van der Waals surface area contributed by atoms with Crippen LogP contribution >= 0.6 is 0 Å². The Labute approximate surface area is 200 Å². The molecule has 0 aromatic heterocycles. The molecule has 1 atom stereocenters. The highest BCUT2D eigenvalue weighted by molar-refractivity contribution is 6.07. The monoisotopic (exact) mass is 469 g/mol. The summed E-state index contributed by atoms with van der Waals surface area (Å²) in [5, 5.41) is 8.54. The number of benzene rings is 1. The lowest BCUT2D eigenvalue weighted by atomic mass is 9.98. The maximum Gasteiger partial charge on any atom is 0.325 e. The van der Waals surface area contributed by atoms with Gasteiger partial charge in [0.25, 0.3) is 5.91 Å². The molecule has 2 aliphatic heterocycles. The Morgan fingerprint density at radius 2 is 1.85 bits per heavy atom. The molecule has 9 heteroatoms. The molecule has 0 radical (unpaired) electrons. The molecular formula is C25H35N5O4. The first-order chi connectivity index (χ1) is 16.4. The lowest BCUT2D eigenvalue weighted by molar-refractivity contribution is -0.132. The second-order valence-electron chi connectivity index (χ2n) is 9.57. The van der Waals surface area contributed by atoms with Crippen molar-refractivity contribution in [2.24, 2.45) is 0 Å². The van der Waals surface area contributed by atoms with Gasteiger partial charge in [-0.05, 0) is 50.3 Å². The third-order valence-corrected chi connectivity index (χ3v) is 7.08. The minimum atomic E-state index is -0.776. The van der Waals surface area contributed by atoms with Crippen molar-refractivity contribution in [2.45, 2.75) is 76.3 Å². The number of imide groups is 1. The second kappa shape index (κ2) is 10.4. The number of hydrogen-bond donors (Lipinski definition) is 3. The largest absolute Gasteiger partial charge is 0.371 e. The van der Waals surface area contributed by atoms with Crippen molar-refractivity contribution < 1.29 is 19.2 Å². The molecule has 9 nitrogen and oxygen atoms in total. The van der Waals surface area contributed by atoms with Gasteiger partial charge in [0.15, 0.2) is 0 Å². The van der Waals surface area contributed by atoms with Gasteiger partial charge in [-0.25, -0.2) is 4.79 Å². The zero-order valence-corrected chi connectivity index (χ0v) is 19.9. The van der Waals surface area contributed by atoms with Crippen molar-refractivity contribution in [3.63, 3.8) is 0 Å². The van der Waals surface area contributed by atoms with Crippen LogP contribution < -0.4 is 20.9 Å². The van der Waals surface area contributed by atoms with Gasteiger partial charge in [0.05, 0.1) is 0 Å². The molecule has 1 aromatic carbocycles. The summed E-state index contributed by atoms with van der Waals surface area (Å²) in [4.78, 5) is 54.1. The van der Waals surface area contributed by atoms with Crippen LogP contribution in [0.15, 0.2) is 24.3 Å². The fourth-order valence-corrected chi connectivity index (χ4v) is 5.22. The summed E-state index contributed by atoms with van der Waals surface area (Å²) in [5.74, 6) is -0.857. The van der Waals surface area contributed by atoms with Crippen LogP contribution in [0.1, 0.15) is 64.7 Å². The van der Waals surface area contributed by atoms with E-state index in [1.54, 1.807) is 0 Å². The summed E-state index contributed by atoms with van der Waals surface area (Å²) in [7, 11) is 0. The highest BCUT2D eigenvalue weighted by Crippen LogP contribution is 2.35. The summed E-state index contributed by atoms with van der Waals surface area (Å²) >= 11 is 0. The molecule has 2 saturated heterocycles. The first-order valence-corrected chi connectivity index (χ1v) is 12.5. The summed E-state index contributed by atoms with van der Waals surface area (Å²) < 4.78 is 0. The maximum atomic E-state index is 12.9. The number of anilines is 2. The van der Waals surface area contributed by atoms with E-state index in [0.29, 0.717) is 24.9 Å². The number of carbonyl (C=O) groups excluding carboxylic acids is 4. The van der Waals surface area contributed by atoms with Gasteiger partial charge in [0, 0.05) is 37.4 Å². The van der Waals surface area contributed by atoms with Crippen LogP contribution in [0.25, 0.3) is 0 Å². The molecule has 1 saturated carbocycles. The van der Waals surface area contributed by atoms with E-state index in [-0.39, 0.29) is 30.7 Å². The quantitative estimate of drug-likeness (QED) is 0.482. The topological polar surface area (TPSA) is 111 Å². The maximum absolute atomic E-state index is 12.9. The van der Waals surface area contributed by atoms with Crippen molar-refractivity contribution in [3.05, 3.63) is 24.3 Å². The highest BCUT2D eigenvalue weighted by atomic mass is 16.2. The minimum Gasteiger partial charge on any atom is -0.371 e. The van der Waals surface area contributed by atoms with Crippen LogP contribution in [-0.4, -0.2) is 59.9 Å². The third kappa shape index (κ3) is 5.18. The van der Waals surface area contributed by atoms with Crippen molar-refractivity contribution in [2.75, 3.05) is 29.9 Å². The first kappa shape index (κ1) is 24.0. The van der Waals surface area contributed by atoms with E-state index in [0.717, 1.165) is 42.9 Å². The molecule has 1 aromatic rings. The first-order valence-electron chi connectivity index (χ1n) is 12.5. The van der Waals surface area contributed by atoms with Crippen molar-refractivity contribution in [1.82, 2.24) is 15.5 Å². The number of hydrogen-bond acceptors (Lipinski definition) is 5. The van der Waals surface area contributed by atoms with E-state index >= 15 is 0 Å². The Morgan fingerprint density at radius 3 is 2.56 bits per heavy atom. The lowest BCUT2D eigenvalue weighted by Gasteiger charge is -2.21. The van der Waals surface area contributed by atoms with E-state index in [4.69, 9.17) is 0 Å². The van der Waals surface area contributed by atoms with Crippen LogP contribution in [0.2, 0.25) is 0 Å². The summed E-state index contributed by atoms with van der Waals surface area (Å²) in [6.45, 7) is 4.00. The number of carbonyl (C=O) groups is 4. The number of amides is 5. The van der Waals surface area contributed by atoms with Gasteiger partial charge in [-0.15, -0.1) is 0 Å². The van der Waals surface area contributed by atoms with E-state index in [1.165, 1.54) is 12.8 Å². The van der Waals surface area contributed by atoms with Gasteiger partial charge in [0.1, 0.15) is 11.6 Å². The molecule has 4 rings (SSSR count). The Morgan fingerprint density at radius 1 is 1.12 bits per heavy atom. The molecule has 0 bridgehead atoms. The van der Waals surface area contributed by atoms with E-state index < -0.39 is 17.6 Å².